The molecule has 1 saturated heterocycles. The predicted octanol–water partition coefficient (Wildman–Crippen LogP) is 0.153. The van der Waals surface area contributed by atoms with Crippen molar-refractivity contribution in [3.05, 3.63) is 44.6 Å². The Bertz CT molecular complexity index is 738. The van der Waals surface area contributed by atoms with Crippen LogP contribution in [0.4, 0.5) is 0 Å². The minimum absolute atomic E-state index is 0.0129. The molecule has 0 unspecified atom stereocenters. The Morgan fingerprint density at radius 1 is 1.28 bits per heavy atom. The molecule has 0 spiro atoms. The van der Waals surface area contributed by atoms with Gasteiger partial charge in [0.05, 0.1) is 16.9 Å². The third kappa shape index (κ3) is 1.44. The molecule has 1 aromatic heterocycles. The lowest BCUT2D eigenvalue weighted by Gasteiger charge is -2.28. The molecule has 1 N–H and O–H groups in total. The van der Waals surface area contributed by atoms with E-state index in [9.17, 15) is 9.59 Å². The predicted molar refractivity (Wildman–Crippen MR) is 70.1 cm³/mol. The maximum absolute atomic E-state index is 12.4. The maximum atomic E-state index is 12.4. The Labute approximate surface area is 104 Å². The van der Waals surface area contributed by atoms with Crippen molar-refractivity contribution in [2.45, 2.75) is 13.0 Å². The number of nitrogens with zero attached hydrogens (tertiary/aromatic N) is 2. The van der Waals surface area contributed by atoms with Crippen molar-refractivity contribution in [1.29, 1.82) is 0 Å². The first kappa shape index (κ1) is 11.2. The molecule has 3 rings (SSSR count). The second-order valence-corrected chi connectivity index (χ2v) is 4.85. The Morgan fingerprint density at radius 3 is 2.61 bits per heavy atom. The van der Waals surface area contributed by atoms with Gasteiger partial charge in [0.25, 0.3) is 5.56 Å². The molecular weight excluding hydrogens is 230 g/mol. The number of benzene rings is 1. The van der Waals surface area contributed by atoms with E-state index >= 15 is 0 Å². The zero-order valence-corrected chi connectivity index (χ0v) is 10.4. The SMILES string of the molecule is Cc1ccc2c(c1)c(=O)n(C1CNC1)c(=O)n2C. The summed E-state index contributed by atoms with van der Waals surface area (Å²) in [6.07, 6.45) is 0. The van der Waals surface area contributed by atoms with Crippen molar-refractivity contribution in [3.63, 3.8) is 0 Å². The average molecular weight is 245 g/mol. The minimum atomic E-state index is -0.233. The van der Waals surface area contributed by atoms with E-state index < -0.39 is 0 Å². The average Bonchev–Trinajstić information content (AvgIpc) is 2.29. The van der Waals surface area contributed by atoms with Gasteiger partial charge in [0, 0.05) is 20.1 Å². The molecular formula is C13H15N3O2. The van der Waals surface area contributed by atoms with Gasteiger partial charge >= 0.3 is 5.69 Å². The summed E-state index contributed by atoms with van der Waals surface area (Å²) in [4.78, 5) is 24.6. The lowest BCUT2D eigenvalue weighted by Crippen LogP contribution is -2.53. The number of nitrogens with one attached hydrogen (secondary N) is 1. The van der Waals surface area contributed by atoms with Gasteiger partial charge < -0.3 is 5.32 Å². The van der Waals surface area contributed by atoms with E-state index in [0.717, 1.165) is 5.56 Å². The summed E-state index contributed by atoms with van der Waals surface area (Å²) < 4.78 is 2.92. The van der Waals surface area contributed by atoms with E-state index in [1.165, 1.54) is 4.57 Å². The van der Waals surface area contributed by atoms with Crippen molar-refractivity contribution < 1.29 is 0 Å². The summed E-state index contributed by atoms with van der Waals surface area (Å²) in [6, 6.07) is 5.58. The first-order chi connectivity index (χ1) is 8.59. The van der Waals surface area contributed by atoms with Gasteiger partial charge in [-0.25, -0.2) is 4.79 Å². The fourth-order valence-corrected chi connectivity index (χ4v) is 2.37. The molecule has 0 saturated carbocycles. The monoisotopic (exact) mass is 245 g/mol. The highest BCUT2D eigenvalue weighted by atomic mass is 16.2. The summed E-state index contributed by atoms with van der Waals surface area (Å²) in [7, 11) is 1.71. The van der Waals surface area contributed by atoms with Crippen LogP contribution in [-0.4, -0.2) is 22.2 Å². The highest BCUT2D eigenvalue weighted by Crippen LogP contribution is 2.12. The molecule has 18 heavy (non-hydrogen) atoms. The quantitative estimate of drug-likeness (QED) is 0.778. The van der Waals surface area contributed by atoms with E-state index in [1.807, 2.05) is 25.1 Å². The Morgan fingerprint density at radius 2 is 2.00 bits per heavy atom. The smallest absolute Gasteiger partial charge is 0.312 e. The summed E-state index contributed by atoms with van der Waals surface area (Å²) in [5.41, 5.74) is 1.31. The van der Waals surface area contributed by atoms with E-state index in [2.05, 4.69) is 5.32 Å². The zero-order valence-electron chi connectivity index (χ0n) is 10.4. The number of aryl methyl sites for hydroxylation is 2. The number of aromatic nitrogens is 2. The topological polar surface area (TPSA) is 56.0 Å². The minimum Gasteiger partial charge on any atom is -0.312 e. The molecule has 5 heteroatoms. The lowest BCUT2D eigenvalue weighted by molar-refractivity contribution is 0.323. The summed E-state index contributed by atoms with van der Waals surface area (Å²) >= 11 is 0. The maximum Gasteiger partial charge on any atom is 0.331 e. The Hall–Kier alpha value is -1.88. The van der Waals surface area contributed by atoms with Gasteiger partial charge in [0.1, 0.15) is 0 Å². The third-order valence-electron chi connectivity index (χ3n) is 3.58. The fraction of sp³-hybridized carbons (Fsp3) is 0.385. The van der Waals surface area contributed by atoms with Crippen LogP contribution in [-0.2, 0) is 7.05 Å². The molecule has 0 aliphatic carbocycles. The van der Waals surface area contributed by atoms with Crippen LogP contribution in [0.15, 0.2) is 27.8 Å². The molecule has 5 nitrogen and oxygen atoms in total. The van der Waals surface area contributed by atoms with Gasteiger partial charge in [0.15, 0.2) is 0 Å². The second-order valence-electron chi connectivity index (χ2n) is 4.85. The van der Waals surface area contributed by atoms with Crippen LogP contribution in [0, 0.1) is 6.92 Å². The zero-order chi connectivity index (χ0) is 12.9. The Balaban J connectivity index is 2.44. The molecule has 1 aromatic carbocycles. The van der Waals surface area contributed by atoms with Crippen LogP contribution in [0.2, 0.25) is 0 Å². The summed E-state index contributed by atoms with van der Waals surface area (Å²) in [5, 5.41) is 3.70. The molecule has 1 fully saturated rings. The van der Waals surface area contributed by atoms with E-state index in [1.54, 1.807) is 11.6 Å². The molecule has 0 amide bonds. The number of hydrogen-bond acceptors (Lipinski definition) is 3. The van der Waals surface area contributed by atoms with Crippen molar-refractivity contribution in [2.24, 2.45) is 7.05 Å². The molecule has 0 atom stereocenters. The van der Waals surface area contributed by atoms with Crippen molar-refractivity contribution >= 4 is 10.9 Å². The van der Waals surface area contributed by atoms with Gasteiger partial charge in [-0.3, -0.25) is 13.9 Å². The molecule has 1 aliphatic rings. The number of hydrogen-bond donors (Lipinski definition) is 1. The Kier molecular flexibility index (Phi) is 2.38. The molecule has 2 heterocycles. The van der Waals surface area contributed by atoms with Crippen LogP contribution in [0.25, 0.3) is 10.9 Å². The fourth-order valence-electron chi connectivity index (χ4n) is 2.37. The van der Waals surface area contributed by atoms with Gasteiger partial charge in [-0.1, -0.05) is 11.6 Å². The highest BCUT2D eigenvalue weighted by molar-refractivity contribution is 5.78. The van der Waals surface area contributed by atoms with Crippen LogP contribution in [0.3, 0.4) is 0 Å². The largest absolute Gasteiger partial charge is 0.331 e. The van der Waals surface area contributed by atoms with Crippen LogP contribution in [0.5, 0.6) is 0 Å². The van der Waals surface area contributed by atoms with Gasteiger partial charge in [-0.15, -0.1) is 0 Å². The van der Waals surface area contributed by atoms with Crippen LogP contribution >= 0.6 is 0 Å². The summed E-state index contributed by atoms with van der Waals surface area (Å²) in [5.74, 6) is 0. The van der Waals surface area contributed by atoms with E-state index in [4.69, 9.17) is 0 Å². The normalized spacial score (nSPS) is 15.9. The first-order valence-electron chi connectivity index (χ1n) is 6.02. The van der Waals surface area contributed by atoms with Gasteiger partial charge in [-0.2, -0.15) is 0 Å². The van der Waals surface area contributed by atoms with E-state index in [-0.39, 0.29) is 17.3 Å². The third-order valence-corrected chi connectivity index (χ3v) is 3.58. The molecule has 0 radical (unpaired) electrons. The molecule has 0 bridgehead atoms. The second kappa shape index (κ2) is 3.81. The molecule has 1 aliphatic heterocycles. The van der Waals surface area contributed by atoms with Crippen LogP contribution in [0.1, 0.15) is 11.6 Å². The van der Waals surface area contributed by atoms with Gasteiger partial charge in [-0.05, 0) is 19.1 Å². The molecule has 94 valence electrons. The van der Waals surface area contributed by atoms with Gasteiger partial charge in [0.2, 0.25) is 0 Å². The van der Waals surface area contributed by atoms with Crippen molar-refractivity contribution in [1.82, 2.24) is 14.5 Å². The number of rotatable bonds is 1. The van der Waals surface area contributed by atoms with Crippen molar-refractivity contribution in [2.75, 3.05) is 13.1 Å². The molecule has 2 aromatic rings. The first-order valence-corrected chi connectivity index (χ1v) is 6.02. The lowest BCUT2D eigenvalue weighted by atomic mass is 10.1. The van der Waals surface area contributed by atoms with Crippen molar-refractivity contribution in [3.8, 4) is 0 Å². The highest BCUT2D eigenvalue weighted by Gasteiger charge is 2.24. The van der Waals surface area contributed by atoms with E-state index in [0.29, 0.717) is 24.0 Å². The number of fused-ring (bicyclic) bond motifs is 1. The van der Waals surface area contributed by atoms with Crippen LogP contribution < -0.4 is 16.6 Å². The standard InChI is InChI=1S/C13H15N3O2/c1-8-3-4-11-10(5-8)12(17)16(9-6-14-7-9)13(18)15(11)2/h3-5,9,14H,6-7H2,1-2H3. The summed E-state index contributed by atoms with van der Waals surface area (Å²) in [6.45, 7) is 3.32.